The smallest absolute Gasteiger partial charge is 0.253 e. The lowest BCUT2D eigenvalue weighted by molar-refractivity contribution is 0.0746. The highest BCUT2D eigenvalue weighted by molar-refractivity contribution is 5.94. The van der Waals surface area contributed by atoms with Gasteiger partial charge in [-0.15, -0.1) is 10.2 Å². The van der Waals surface area contributed by atoms with E-state index in [9.17, 15) is 4.79 Å². The van der Waals surface area contributed by atoms with Gasteiger partial charge in [0.1, 0.15) is 17.3 Å². The van der Waals surface area contributed by atoms with Gasteiger partial charge >= 0.3 is 0 Å². The predicted molar refractivity (Wildman–Crippen MR) is 119 cm³/mol. The largest absolute Gasteiger partial charge is 0.457 e. The molecule has 2 fully saturated rings. The Morgan fingerprint density at radius 2 is 1.48 bits per heavy atom. The number of ether oxygens (including phenoxy) is 1. The second-order valence-corrected chi connectivity index (χ2v) is 8.07. The number of nitrogens with zero attached hydrogens (tertiary/aromatic N) is 4. The highest BCUT2D eigenvalue weighted by Gasteiger charge is 2.24. The standard InChI is InChI=1S/C24H25N5O2/c25-22-11-12-23(27-26-22)28-13-15-29(16-14-28)24(30)19-5-9-21(10-6-19)31-20-7-3-18(4-8-20)17-1-2-17/h3-12,17H,1-2,13-16H2,(H2,25,26). The van der Waals surface area contributed by atoms with Crippen molar-refractivity contribution in [3.05, 3.63) is 71.8 Å². The number of nitrogen functional groups attached to an aromatic ring is 1. The van der Waals surface area contributed by atoms with Gasteiger partial charge in [0, 0.05) is 31.7 Å². The van der Waals surface area contributed by atoms with Crippen LogP contribution in [-0.2, 0) is 0 Å². The number of aromatic nitrogens is 2. The van der Waals surface area contributed by atoms with Gasteiger partial charge in [-0.25, -0.2) is 0 Å². The number of amides is 1. The third kappa shape index (κ3) is 4.45. The first-order valence-electron chi connectivity index (χ1n) is 10.7. The topological polar surface area (TPSA) is 84.6 Å². The fourth-order valence-electron chi connectivity index (χ4n) is 3.85. The highest BCUT2D eigenvalue weighted by atomic mass is 16.5. The van der Waals surface area contributed by atoms with E-state index < -0.39 is 0 Å². The molecule has 1 aliphatic heterocycles. The van der Waals surface area contributed by atoms with E-state index in [4.69, 9.17) is 10.5 Å². The summed E-state index contributed by atoms with van der Waals surface area (Å²) in [5.74, 6) is 3.49. The number of anilines is 2. The van der Waals surface area contributed by atoms with Crippen LogP contribution >= 0.6 is 0 Å². The molecular weight excluding hydrogens is 390 g/mol. The van der Waals surface area contributed by atoms with Crippen molar-refractivity contribution >= 4 is 17.5 Å². The zero-order valence-electron chi connectivity index (χ0n) is 17.3. The first-order valence-corrected chi connectivity index (χ1v) is 10.7. The Bertz CT molecular complexity index is 1040. The molecule has 0 spiro atoms. The Labute approximate surface area is 181 Å². The average Bonchev–Trinajstić information content (AvgIpc) is 3.66. The summed E-state index contributed by atoms with van der Waals surface area (Å²) in [6.07, 6.45) is 2.58. The first-order chi connectivity index (χ1) is 15.2. The number of rotatable bonds is 5. The molecule has 0 atom stereocenters. The zero-order chi connectivity index (χ0) is 21.2. The summed E-state index contributed by atoms with van der Waals surface area (Å²) in [5.41, 5.74) is 7.65. The lowest BCUT2D eigenvalue weighted by atomic mass is 10.1. The second kappa shape index (κ2) is 8.26. The Kier molecular flexibility index (Phi) is 5.16. The van der Waals surface area contributed by atoms with Crippen LogP contribution in [0.4, 0.5) is 11.6 Å². The van der Waals surface area contributed by atoms with Gasteiger partial charge in [0.2, 0.25) is 0 Å². The van der Waals surface area contributed by atoms with Crippen LogP contribution in [0, 0.1) is 0 Å². The molecule has 158 valence electrons. The SMILES string of the molecule is Nc1ccc(N2CCN(C(=O)c3ccc(Oc4ccc(C5CC5)cc4)cc3)CC2)nn1. The maximum absolute atomic E-state index is 12.9. The lowest BCUT2D eigenvalue weighted by Crippen LogP contribution is -2.49. The molecule has 1 aliphatic carbocycles. The van der Waals surface area contributed by atoms with Gasteiger partial charge in [0.15, 0.2) is 5.82 Å². The number of piperazine rings is 1. The summed E-state index contributed by atoms with van der Waals surface area (Å²) < 4.78 is 5.93. The third-order valence-corrected chi connectivity index (χ3v) is 5.83. The highest BCUT2D eigenvalue weighted by Crippen LogP contribution is 2.40. The lowest BCUT2D eigenvalue weighted by Gasteiger charge is -2.35. The van der Waals surface area contributed by atoms with E-state index in [1.54, 1.807) is 6.07 Å². The van der Waals surface area contributed by atoms with Crippen LogP contribution in [0.5, 0.6) is 11.5 Å². The van der Waals surface area contributed by atoms with Gasteiger partial charge in [-0.2, -0.15) is 0 Å². The molecule has 1 aromatic heterocycles. The van der Waals surface area contributed by atoms with Crippen LogP contribution < -0.4 is 15.4 Å². The summed E-state index contributed by atoms with van der Waals surface area (Å²) in [4.78, 5) is 16.9. The van der Waals surface area contributed by atoms with E-state index in [1.807, 2.05) is 47.4 Å². The number of carbonyl (C=O) groups excluding carboxylic acids is 1. The van der Waals surface area contributed by atoms with Crippen LogP contribution in [0.25, 0.3) is 0 Å². The van der Waals surface area contributed by atoms with Gasteiger partial charge in [-0.3, -0.25) is 4.79 Å². The van der Waals surface area contributed by atoms with Crippen LogP contribution in [0.3, 0.4) is 0 Å². The van der Waals surface area contributed by atoms with Gasteiger partial charge in [-0.05, 0) is 72.9 Å². The van der Waals surface area contributed by atoms with E-state index in [0.717, 1.165) is 23.2 Å². The molecule has 3 aromatic rings. The molecule has 31 heavy (non-hydrogen) atoms. The summed E-state index contributed by atoms with van der Waals surface area (Å²) in [6, 6.07) is 19.3. The van der Waals surface area contributed by atoms with Gasteiger partial charge in [-0.1, -0.05) is 12.1 Å². The van der Waals surface area contributed by atoms with E-state index in [1.165, 1.54) is 18.4 Å². The van der Waals surface area contributed by atoms with E-state index in [-0.39, 0.29) is 5.91 Å². The summed E-state index contributed by atoms with van der Waals surface area (Å²) in [6.45, 7) is 2.69. The maximum Gasteiger partial charge on any atom is 0.253 e. The Morgan fingerprint density at radius 1 is 0.839 bits per heavy atom. The summed E-state index contributed by atoms with van der Waals surface area (Å²) in [7, 11) is 0. The number of benzene rings is 2. The maximum atomic E-state index is 12.9. The molecule has 1 saturated carbocycles. The van der Waals surface area contributed by atoms with Crippen molar-refractivity contribution in [1.82, 2.24) is 15.1 Å². The minimum atomic E-state index is 0.0309. The van der Waals surface area contributed by atoms with E-state index >= 15 is 0 Å². The van der Waals surface area contributed by atoms with Crippen molar-refractivity contribution in [3.63, 3.8) is 0 Å². The minimum Gasteiger partial charge on any atom is -0.457 e. The van der Waals surface area contributed by atoms with Crippen molar-refractivity contribution in [2.24, 2.45) is 0 Å². The van der Waals surface area contributed by atoms with Crippen molar-refractivity contribution in [3.8, 4) is 11.5 Å². The molecule has 0 radical (unpaired) electrons. The molecule has 1 saturated heterocycles. The Balaban J connectivity index is 1.17. The third-order valence-electron chi connectivity index (χ3n) is 5.83. The normalized spacial score (nSPS) is 16.3. The van der Waals surface area contributed by atoms with Crippen LogP contribution in [-0.4, -0.2) is 47.2 Å². The summed E-state index contributed by atoms with van der Waals surface area (Å²) in [5, 5.41) is 8.03. The zero-order valence-corrected chi connectivity index (χ0v) is 17.3. The Morgan fingerprint density at radius 3 is 2.06 bits per heavy atom. The molecule has 7 nitrogen and oxygen atoms in total. The fourth-order valence-corrected chi connectivity index (χ4v) is 3.85. The Hall–Kier alpha value is -3.61. The van der Waals surface area contributed by atoms with Crippen LogP contribution in [0.1, 0.15) is 34.7 Å². The number of hydrogen-bond acceptors (Lipinski definition) is 6. The van der Waals surface area contributed by atoms with Gasteiger partial charge in [0.25, 0.3) is 5.91 Å². The first kappa shape index (κ1) is 19.4. The molecule has 0 bridgehead atoms. The van der Waals surface area contributed by atoms with Crippen molar-refractivity contribution in [1.29, 1.82) is 0 Å². The van der Waals surface area contributed by atoms with Crippen LogP contribution in [0.2, 0.25) is 0 Å². The number of carbonyl (C=O) groups is 1. The molecule has 2 aliphatic rings. The van der Waals surface area contributed by atoms with Crippen molar-refractivity contribution in [2.45, 2.75) is 18.8 Å². The molecule has 2 aromatic carbocycles. The average molecular weight is 415 g/mol. The fraction of sp³-hybridized carbons (Fsp3) is 0.292. The van der Waals surface area contributed by atoms with Crippen LogP contribution in [0.15, 0.2) is 60.7 Å². The second-order valence-electron chi connectivity index (χ2n) is 8.07. The van der Waals surface area contributed by atoms with Gasteiger partial charge < -0.3 is 20.3 Å². The molecule has 2 heterocycles. The minimum absolute atomic E-state index is 0.0309. The molecule has 2 N–H and O–H groups in total. The predicted octanol–water partition coefficient (Wildman–Crippen LogP) is 3.69. The summed E-state index contributed by atoms with van der Waals surface area (Å²) >= 11 is 0. The van der Waals surface area contributed by atoms with Crippen molar-refractivity contribution < 1.29 is 9.53 Å². The molecule has 1 amide bonds. The molecule has 0 unspecified atom stereocenters. The van der Waals surface area contributed by atoms with Gasteiger partial charge in [0.05, 0.1) is 0 Å². The van der Waals surface area contributed by atoms with E-state index in [0.29, 0.717) is 37.6 Å². The quantitative estimate of drug-likeness (QED) is 0.684. The molecular formula is C24H25N5O2. The van der Waals surface area contributed by atoms with E-state index in [2.05, 4.69) is 27.2 Å². The number of nitrogens with two attached hydrogens (primary N) is 1. The van der Waals surface area contributed by atoms with Crippen molar-refractivity contribution in [2.75, 3.05) is 36.8 Å². The monoisotopic (exact) mass is 415 g/mol. The number of hydrogen-bond donors (Lipinski definition) is 1. The molecule has 5 rings (SSSR count). The molecule has 7 heteroatoms.